The summed E-state index contributed by atoms with van der Waals surface area (Å²) in [5.41, 5.74) is 0.491. The highest BCUT2D eigenvalue weighted by atomic mass is 35.5. The van der Waals surface area contributed by atoms with E-state index in [2.05, 4.69) is 20.2 Å². The predicted octanol–water partition coefficient (Wildman–Crippen LogP) is 3.44. The van der Waals surface area contributed by atoms with Crippen molar-refractivity contribution in [3.63, 3.8) is 0 Å². The minimum absolute atomic E-state index is 0.0573. The zero-order chi connectivity index (χ0) is 13.4. The van der Waals surface area contributed by atoms with Gasteiger partial charge in [-0.05, 0) is 29.8 Å². The zero-order valence-electron chi connectivity index (χ0n) is 9.19. The molecule has 0 saturated carbocycles. The molecule has 0 fully saturated rings. The Balaban J connectivity index is 2.04. The minimum Gasteiger partial charge on any atom is -0.261 e. The Morgan fingerprint density at radius 3 is 2.79 bits per heavy atom. The molecule has 0 spiro atoms. The van der Waals surface area contributed by atoms with Crippen LogP contribution >= 0.6 is 23.4 Å². The Labute approximate surface area is 115 Å². The van der Waals surface area contributed by atoms with Crippen molar-refractivity contribution in [2.24, 2.45) is 0 Å². The Morgan fingerprint density at radius 1 is 1.16 bits per heavy atom. The average molecular weight is 299 g/mol. The SMILES string of the molecule is Fc1ccc(Sc2nc(Cl)nc3[nH]ncc23)cc1F. The first-order valence-electron chi connectivity index (χ1n) is 5.13. The van der Waals surface area contributed by atoms with E-state index >= 15 is 0 Å². The molecule has 0 amide bonds. The Morgan fingerprint density at radius 2 is 2.00 bits per heavy atom. The van der Waals surface area contributed by atoms with Crippen molar-refractivity contribution in [3.05, 3.63) is 41.3 Å². The van der Waals surface area contributed by atoms with Crippen molar-refractivity contribution in [2.45, 2.75) is 9.92 Å². The molecule has 96 valence electrons. The molecule has 8 heteroatoms. The molecule has 0 unspecified atom stereocenters. The normalized spacial score (nSPS) is 11.1. The van der Waals surface area contributed by atoms with Gasteiger partial charge in [0.25, 0.3) is 0 Å². The van der Waals surface area contributed by atoms with E-state index in [0.29, 0.717) is 21.0 Å². The zero-order valence-corrected chi connectivity index (χ0v) is 10.8. The number of fused-ring (bicyclic) bond motifs is 1. The highest BCUT2D eigenvalue weighted by molar-refractivity contribution is 7.99. The number of aromatic nitrogens is 4. The quantitative estimate of drug-likeness (QED) is 0.582. The predicted molar refractivity (Wildman–Crippen MR) is 67.2 cm³/mol. The Hall–Kier alpha value is -1.73. The lowest BCUT2D eigenvalue weighted by atomic mass is 10.3. The first kappa shape index (κ1) is 12.3. The third kappa shape index (κ3) is 2.39. The van der Waals surface area contributed by atoms with Gasteiger partial charge >= 0.3 is 0 Å². The molecule has 4 nitrogen and oxygen atoms in total. The third-order valence-electron chi connectivity index (χ3n) is 2.35. The summed E-state index contributed by atoms with van der Waals surface area (Å²) in [5, 5.41) is 7.76. The van der Waals surface area contributed by atoms with Crippen LogP contribution in [0.25, 0.3) is 11.0 Å². The molecule has 0 bridgehead atoms. The van der Waals surface area contributed by atoms with Crippen molar-refractivity contribution in [2.75, 3.05) is 0 Å². The van der Waals surface area contributed by atoms with E-state index in [1.807, 2.05) is 0 Å². The van der Waals surface area contributed by atoms with E-state index in [1.165, 1.54) is 6.07 Å². The number of H-pyrrole nitrogens is 1. The fourth-order valence-electron chi connectivity index (χ4n) is 1.51. The van der Waals surface area contributed by atoms with Crippen LogP contribution in [0.3, 0.4) is 0 Å². The summed E-state index contributed by atoms with van der Waals surface area (Å²) in [6.45, 7) is 0. The molecule has 19 heavy (non-hydrogen) atoms. The van der Waals surface area contributed by atoms with Gasteiger partial charge < -0.3 is 0 Å². The summed E-state index contributed by atoms with van der Waals surface area (Å²) in [6.07, 6.45) is 1.55. The fraction of sp³-hybridized carbons (Fsp3) is 0. The molecule has 0 aliphatic carbocycles. The molecule has 3 rings (SSSR count). The van der Waals surface area contributed by atoms with Gasteiger partial charge in [-0.3, -0.25) is 5.10 Å². The molecular formula is C11H5ClF2N4S. The Bertz CT molecular complexity index is 762. The monoisotopic (exact) mass is 298 g/mol. The number of halogens is 3. The van der Waals surface area contributed by atoms with Crippen molar-refractivity contribution in [3.8, 4) is 0 Å². The maximum absolute atomic E-state index is 13.1. The first-order valence-corrected chi connectivity index (χ1v) is 6.32. The summed E-state index contributed by atoms with van der Waals surface area (Å²) in [4.78, 5) is 8.53. The summed E-state index contributed by atoms with van der Waals surface area (Å²) in [6, 6.07) is 3.62. The van der Waals surface area contributed by atoms with Gasteiger partial charge in [-0.15, -0.1) is 0 Å². The van der Waals surface area contributed by atoms with Crippen molar-refractivity contribution < 1.29 is 8.78 Å². The molecule has 1 N–H and O–H groups in total. The smallest absolute Gasteiger partial charge is 0.225 e. The number of rotatable bonds is 2. The van der Waals surface area contributed by atoms with Crippen LogP contribution in [-0.2, 0) is 0 Å². The van der Waals surface area contributed by atoms with Crippen LogP contribution in [0.1, 0.15) is 0 Å². The molecule has 2 aromatic heterocycles. The standard InChI is InChI=1S/C11H5ClF2N4S/c12-11-16-9-6(4-15-18-9)10(17-11)19-5-1-2-7(13)8(14)3-5/h1-4H,(H,15,16,17,18). The highest BCUT2D eigenvalue weighted by Gasteiger charge is 2.11. The number of benzene rings is 1. The van der Waals surface area contributed by atoms with E-state index in [9.17, 15) is 8.78 Å². The van der Waals surface area contributed by atoms with Gasteiger partial charge in [0.2, 0.25) is 5.28 Å². The topological polar surface area (TPSA) is 54.5 Å². The number of aromatic amines is 1. The second-order valence-electron chi connectivity index (χ2n) is 3.61. The molecular weight excluding hydrogens is 294 g/mol. The lowest BCUT2D eigenvalue weighted by Crippen LogP contribution is -1.89. The van der Waals surface area contributed by atoms with Crippen LogP contribution in [0, 0.1) is 11.6 Å². The summed E-state index contributed by atoms with van der Waals surface area (Å²) >= 11 is 6.94. The minimum atomic E-state index is -0.909. The summed E-state index contributed by atoms with van der Waals surface area (Å²) in [5.74, 6) is -1.80. The van der Waals surface area contributed by atoms with Gasteiger partial charge in [0, 0.05) is 4.90 Å². The van der Waals surface area contributed by atoms with Gasteiger partial charge in [0.1, 0.15) is 5.03 Å². The van der Waals surface area contributed by atoms with Crippen LogP contribution in [-0.4, -0.2) is 20.2 Å². The molecule has 0 saturated heterocycles. The maximum atomic E-state index is 13.1. The fourth-order valence-corrected chi connectivity index (χ4v) is 2.64. The second kappa shape index (κ2) is 4.75. The maximum Gasteiger partial charge on any atom is 0.225 e. The van der Waals surface area contributed by atoms with E-state index in [4.69, 9.17) is 11.6 Å². The average Bonchev–Trinajstić information content (AvgIpc) is 2.82. The number of nitrogens with zero attached hydrogens (tertiary/aromatic N) is 3. The van der Waals surface area contributed by atoms with Crippen molar-refractivity contribution in [1.82, 2.24) is 20.2 Å². The number of nitrogens with one attached hydrogen (secondary N) is 1. The third-order valence-corrected chi connectivity index (χ3v) is 3.52. The summed E-state index contributed by atoms with van der Waals surface area (Å²) < 4.78 is 26.0. The highest BCUT2D eigenvalue weighted by Crippen LogP contribution is 2.32. The Kier molecular flexibility index (Phi) is 3.08. The molecule has 2 heterocycles. The first-order chi connectivity index (χ1) is 9.13. The van der Waals surface area contributed by atoms with Gasteiger partial charge in [-0.2, -0.15) is 10.1 Å². The summed E-state index contributed by atoms with van der Waals surface area (Å²) in [7, 11) is 0. The van der Waals surface area contributed by atoms with E-state index in [0.717, 1.165) is 23.9 Å². The molecule has 0 atom stereocenters. The molecule has 0 aliphatic rings. The van der Waals surface area contributed by atoms with Crippen LogP contribution in [0.4, 0.5) is 8.78 Å². The molecule has 0 radical (unpaired) electrons. The van der Waals surface area contributed by atoms with Gasteiger partial charge in [0.05, 0.1) is 11.6 Å². The van der Waals surface area contributed by atoms with Crippen LogP contribution < -0.4 is 0 Å². The molecule has 0 aliphatic heterocycles. The lowest BCUT2D eigenvalue weighted by molar-refractivity contribution is 0.506. The van der Waals surface area contributed by atoms with E-state index in [-0.39, 0.29) is 5.28 Å². The largest absolute Gasteiger partial charge is 0.261 e. The van der Waals surface area contributed by atoms with Crippen LogP contribution in [0.2, 0.25) is 5.28 Å². The van der Waals surface area contributed by atoms with Crippen molar-refractivity contribution >= 4 is 34.4 Å². The van der Waals surface area contributed by atoms with Gasteiger partial charge in [0.15, 0.2) is 17.3 Å². The van der Waals surface area contributed by atoms with Gasteiger partial charge in [-0.1, -0.05) is 11.8 Å². The second-order valence-corrected chi connectivity index (χ2v) is 5.01. The lowest BCUT2D eigenvalue weighted by Gasteiger charge is -2.03. The van der Waals surface area contributed by atoms with Crippen LogP contribution in [0.5, 0.6) is 0 Å². The van der Waals surface area contributed by atoms with E-state index in [1.54, 1.807) is 6.20 Å². The number of hydrogen-bond donors (Lipinski definition) is 1. The number of hydrogen-bond acceptors (Lipinski definition) is 4. The van der Waals surface area contributed by atoms with Gasteiger partial charge in [-0.25, -0.2) is 13.8 Å². The van der Waals surface area contributed by atoms with Crippen LogP contribution in [0.15, 0.2) is 34.3 Å². The van der Waals surface area contributed by atoms with E-state index < -0.39 is 11.6 Å². The molecule has 3 aromatic rings. The van der Waals surface area contributed by atoms with Crippen molar-refractivity contribution in [1.29, 1.82) is 0 Å². The molecule has 1 aromatic carbocycles.